The predicted molar refractivity (Wildman–Crippen MR) is 34.8 cm³/mol. The molecule has 2 atom stereocenters. The number of hydrogen-bond donors (Lipinski definition) is 2. The molecule has 1 aliphatic rings. The van der Waals surface area contributed by atoms with Gasteiger partial charge in [0, 0.05) is 6.04 Å². The lowest BCUT2D eigenvalue weighted by molar-refractivity contribution is -0.124. The van der Waals surface area contributed by atoms with Crippen molar-refractivity contribution in [2.45, 2.75) is 31.8 Å². The first-order valence-electron chi connectivity index (χ1n) is 3.26. The Morgan fingerprint density at radius 1 is 1.67 bits per heavy atom. The highest BCUT2D eigenvalue weighted by Crippen LogP contribution is 2.05. The van der Waals surface area contributed by atoms with Gasteiger partial charge in [-0.05, 0) is 19.8 Å². The minimum absolute atomic E-state index is 0.00579. The Morgan fingerprint density at radius 3 is 2.78 bits per heavy atom. The van der Waals surface area contributed by atoms with Crippen LogP contribution in [0.4, 0.5) is 0 Å². The van der Waals surface area contributed by atoms with Crippen molar-refractivity contribution in [3.63, 3.8) is 0 Å². The van der Waals surface area contributed by atoms with Crippen LogP contribution < -0.4 is 11.1 Å². The standard InChI is InChI=1S/C6H12N2O/c1-4-2-3-5(7)6(9)8-4/h4-5H,2-3,7H2,1H3,(H,8,9)/t4-,5-/m0/s1. The molecule has 1 amide bonds. The van der Waals surface area contributed by atoms with E-state index in [0.717, 1.165) is 12.8 Å². The maximum Gasteiger partial charge on any atom is 0.237 e. The molecule has 0 unspecified atom stereocenters. The number of rotatable bonds is 0. The highest BCUT2D eigenvalue weighted by Gasteiger charge is 2.21. The van der Waals surface area contributed by atoms with Crippen molar-refractivity contribution in [2.75, 3.05) is 0 Å². The number of piperidine rings is 1. The summed E-state index contributed by atoms with van der Waals surface area (Å²) < 4.78 is 0. The zero-order chi connectivity index (χ0) is 6.85. The van der Waals surface area contributed by atoms with Crippen LogP contribution >= 0.6 is 0 Å². The fraction of sp³-hybridized carbons (Fsp3) is 0.833. The van der Waals surface area contributed by atoms with E-state index in [9.17, 15) is 4.79 Å². The summed E-state index contributed by atoms with van der Waals surface area (Å²) >= 11 is 0. The van der Waals surface area contributed by atoms with Crippen LogP contribution in [-0.2, 0) is 4.79 Å². The molecular weight excluding hydrogens is 116 g/mol. The van der Waals surface area contributed by atoms with Crippen LogP contribution in [0.15, 0.2) is 0 Å². The molecule has 0 aromatic heterocycles. The van der Waals surface area contributed by atoms with Crippen LogP contribution in [0.1, 0.15) is 19.8 Å². The van der Waals surface area contributed by atoms with E-state index in [2.05, 4.69) is 5.32 Å². The average molecular weight is 128 g/mol. The van der Waals surface area contributed by atoms with Gasteiger partial charge in [-0.1, -0.05) is 0 Å². The van der Waals surface area contributed by atoms with E-state index in [0.29, 0.717) is 6.04 Å². The van der Waals surface area contributed by atoms with Crippen LogP contribution in [0.5, 0.6) is 0 Å². The number of carbonyl (C=O) groups is 1. The molecule has 1 heterocycles. The van der Waals surface area contributed by atoms with Gasteiger partial charge in [0.05, 0.1) is 6.04 Å². The molecule has 0 aromatic rings. The van der Waals surface area contributed by atoms with Gasteiger partial charge in [-0.25, -0.2) is 0 Å². The molecule has 9 heavy (non-hydrogen) atoms. The van der Waals surface area contributed by atoms with Gasteiger partial charge in [-0.3, -0.25) is 4.79 Å². The molecule has 1 aliphatic heterocycles. The van der Waals surface area contributed by atoms with Crippen molar-refractivity contribution >= 4 is 5.91 Å². The van der Waals surface area contributed by atoms with E-state index in [1.807, 2.05) is 6.92 Å². The fourth-order valence-electron chi connectivity index (χ4n) is 0.983. The van der Waals surface area contributed by atoms with E-state index in [1.165, 1.54) is 0 Å². The lowest BCUT2D eigenvalue weighted by Crippen LogP contribution is -2.49. The van der Waals surface area contributed by atoms with Crippen LogP contribution in [0.3, 0.4) is 0 Å². The van der Waals surface area contributed by atoms with E-state index in [1.54, 1.807) is 0 Å². The first-order chi connectivity index (χ1) is 4.20. The molecule has 1 rings (SSSR count). The first-order valence-corrected chi connectivity index (χ1v) is 3.26. The van der Waals surface area contributed by atoms with Gasteiger partial charge >= 0.3 is 0 Å². The first kappa shape index (κ1) is 6.55. The zero-order valence-corrected chi connectivity index (χ0v) is 5.55. The Balaban J connectivity index is 2.44. The van der Waals surface area contributed by atoms with Gasteiger partial charge in [0.25, 0.3) is 0 Å². The van der Waals surface area contributed by atoms with Gasteiger partial charge < -0.3 is 11.1 Å². The van der Waals surface area contributed by atoms with Crippen LogP contribution in [-0.4, -0.2) is 18.0 Å². The fourth-order valence-corrected chi connectivity index (χ4v) is 0.983. The Bertz CT molecular complexity index is 124. The number of carbonyl (C=O) groups excluding carboxylic acids is 1. The third-order valence-electron chi connectivity index (χ3n) is 1.64. The maximum absolute atomic E-state index is 10.8. The number of hydrogen-bond acceptors (Lipinski definition) is 2. The summed E-state index contributed by atoms with van der Waals surface area (Å²) in [4.78, 5) is 10.8. The summed E-state index contributed by atoms with van der Waals surface area (Å²) in [7, 11) is 0. The molecule has 1 saturated heterocycles. The molecular formula is C6H12N2O. The normalized spacial score (nSPS) is 36.0. The molecule has 0 aromatic carbocycles. The summed E-state index contributed by atoms with van der Waals surface area (Å²) in [5.74, 6) is -0.00579. The van der Waals surface area contributed by atoms with Crippen molar-refractivity contribution in [2.24, 2.45) is 5.73 Å². The second-order valence-electron chi connectivity index (χ2n) is 2.59. The van der Waals surface area contributed by atoms with Crippen molar-refractivity contribution in [3.8, 4) is 0 Å². The average Bonchev–Trinajstić information content (AvgIpc) is 1.80. The van der Waals surface area contributed by atoms with Crippen molar-refractivity contribution in [3.05, 3.63) is 0 Å². The molecule has 0 aliphatic carbocycles. The Kier molecular flexibility index (Phi) is 1.71. The Hall–Kier alpha value is -0.570. The maximum atomic E-state index is 10.8. The summed E-state index contributed by atoms with van der Waals surface area (Å²) in [5.41, 5.74) is 5.43. The topological polar surface area (TPSA) is 55.1 Å². The Morgan fingerprint density at radius 2 is 2.33 bits per heavy atom. The molecule has 3 nitrogen and oxygen atoms in total. The van der Waals surface area contributed by atoms with E-state index >= 15 is 0 Å². The second-order valence-corrected chi connectivity index (χ2v) is 2.59. The molecule has 52 valence electrons. The summed E-state index contributed by atoms with van der Waals surface area (Å²) in [5, 5.41) is 2.77. The van der Waals surface area contributed by atoms with Crippen LogP contribution in [0.25, 0.3) is 0 Å². The quantitative estimate of drug-likeness (QED) is 0.467. The third-order valence-corrected chi connectivity index (χ3v) is 1.64. The summed E-state index contributed by atoms with van der Waals surface area (Å²) in [6.45, 7) is 1.99. The van der Waals surface area contributed by atoms with Gasteiger partial charge in [0.2, 0.25) is 5.91 Å². The minimum atomic E-state index is -0.263. The highest BCUT2D eigenvalue weighted by atomic mass is 16.2. The highest BCUT2D eigenvalue weighted by molar-refractivity contribution is 5.82. The van der Waals surface area contributed by atoms with Gasteiger partial charge in [0.15, 0.2) is 0 Å². The summed E-state index contributed by atoms with van der Waals surface area (Å²) in [6, 6.07) is 0.0542. The third kappa shape index (κ3) is 1.42. The largest absolute Gasteiger partial charge is 0.352 e. The predicted octanol–water partition coefficient (Wildman–Crippen LogP) is -0.388. The molecule has 0 bridgehead atoms. The van der Waals surface area contributed by atoms with Crippen molar-refractivity contribution in [1.29, 1.82) is 0 Å². The van der Waals surface area contributed by atoms with Gasteiger partial charge in [0.1, 0.15) is 0 Å². The lowest BCUT2D eigenvalue weighted by Gasteiger charge is -2.23. The second kappa shape index (κ2) is 2.35. The molecule has 3 N–H and O–H groups in total. The van der Waals surface area contributed by atoms with E-state index < -0.39 is 0 Å². The molecule has 0 saturated carbocycles. The van der Waals surface area contributed by atoms with Gasteiger partial charge in [-0.15, -0.1) is 0 Å². The lowest BCUT2D eigenvalue weighted by atomic mass is 10.0. The van der Waals surface area contributed by atoms with E-state index in [4.69, 9.17) is 5.73 Å². The van der Waals surface area contributed by atoms with Crippen molar-refractivity contribution in [1.82, 2.24) is 5.32 Å². The monoisotopic (exact) mass is 128 g/mol. The Labute approximate surface area is 54.6 Å². The van der Waals surface area contributed by atoms with Gasteiger partial charge in [-0.2, -0.15) is 0 Å². The van der Waals surface area contributed by atoms with Crippen LogP contribution in [0, 0.1) is 0 Å². The molecule has 3 heteroatoms. The minimum Gasteiger partial charge on any atom is -0.352 e. The van der Waals surface area contributed by atoms with Crippen molar-refractivity contribution < 1.29 is 4.79 Å². The molecule has 0 radical (unpaired) electrons. The number of nitrogens with two attached hydrogens (primary N) is 1. The van der Waals surface area contributed by atoms with Crippen LogP contribution in [0.2, 0.25) is 0 Å². The SMILES string of the molecule is C[C@H]1CC[C@H](N)C(=O)N1. The zero-order valence-electron chi connectivity index (χ0n) is 5.55. The number of amides is 1. The van der Waals surface area contributed by atoms with E-state index in [-0.39, 0.29) is 11.9 Å². The smallest absolute Gasteiger partial charge is 0.237 e. The summed E-state index contributed by atoms with van der Waals surface area (Å²) in [6.07, 6.45) is 1.83. The molecule has 0 spiro atoms. The molecule has 1 fully saturated rings. The number of nitrogens with one attached hydrogen (secondary N) is 1.